The summed E-state index contributed by atoms with van der Waals surface area (Å²) in [5, 5.41) is 10.3. The van der Waals surface area contributed by atoms with E-state index in [1.807, 2.05) is 0 Å². The Morgan fingerprint density at radius 2 is 1.87 bits per heavy atom. The standard InChI is InChI=1S/C27H42O3/c1-16-7-12-27(29-15-16)17(2)24-23(30-27)14-22-20-6-5-18-13-19(28)8-10-25(18,3)21(20)9-11-26(22,24)4/h5,16-17,19-24,28H,6-15H2,1-4H3/t16-,17-,19-,20-,21+,22+,23+,24+,25-,26-,27-/m0/s1. The Balaban J connectivity index is 1.28. The van der Waals surface area contributed by atoms with Crippen LogP contribution in [0.15, 0.2) is 11.6 Å². The summed E-state index contributed by atoms with van der Waals surface area (Å²) in [6, 6.07) is 0. The molecule has 3 saturated carbocycles. The van der Waals surface area contributed by atoms with Crippen molar-refractivity contribution in [3.63, 3.8) is 0 Å². The molecule has 6 rings (SSSR count). The van der Waals surface area contributed by atoms with Gasteiger partial charge in [-0.2, -0.15) is 0 Å². The van der Waals surface area contributed by atoms with Gasteiger partial charge in [0.15, 0.2) is 5.79 Å². The van der Waals surface area contributed by atoms with E-state index in [1.165, 1.54) is 38.5 Å². The predicted molar refractivity (Wildman–Crippen MR) is 118 cm³/mol. The number of aliphatic hydroxyl groups is 1. The van der Waals surface area contributed by atoms with Crippen molar-refractivity contribution in [1.82, 2.24) is 0 Å². The lowest BCUT2D eigenvalue weighted by Gasteiger charge is -2.58. The average molecular weight is 415 g/mol. The molecule has 30 heavy (non-hydrogen) atoms. The van der Waals surface area contributed by atoms with Gasteiger partial charge in [-0.05, 0) is 91.8 Å². The third-order valence-electron chi connectivity index (χ3n) is 11.3. The zero-order valence-corrected chi connectivity index (χ0v) is 19.5. The monoisotopic (exact) mass is 414 g/mol. The Morgan fingerprint density at radius 3 is 2.63 bits per heavy atom. The fourth-order valence-electron chi connectivity index (χ4n) is 9.66. The molecule has 2 saturated heterocycles. The molecular formula is C27H42O3. The lowest BCUT2D eigenvalue weighted by molar-refractivity contribution is -0.272. The van der Waals surface area contributed by atoms with E-state index < -0.39 is 0 Å². The maximum Gasteiger partial charge on any atom is 0.171 e. The maximum absolute atomic E-state index is 10.3. The van der Waals surface area contributed by atoms with Crippen molar-refractivity contribution >= 4 is 0 Å². The summed E-state index contributed by atoms with van der Waals surface area (Å²) in [5.74, 6) is 3.94. The van der Waals surface area contributed by atoms with Crippen LogP contribution in [-0.4, -0.2) is 29.7 Å². The molecule has 0 bridgehead atoms. The number of aliphatic hydroxyl groups excluding tert-OH is 1. The zero-order chi connectivity index (χ0) is 20.9. The van der Waals surface area contributed by atoms with E-state index in [4.69, 9.17) is 9.47 Å². The molecule has 1 N–H and O–H groups in total. The molecule has 0 amide bonds. The van der Waals surface area contributed by atoms with Gasteiger partial charge in [-0.1, -0.05) is 39.3 Å². The molecule has 0 unspecified atom stereocenters. The van der Waals surface area contributed by atoms with Gasteiger partial charge in [0.2, 0.25) is 0 Å². The number of rotatable bonds is 0. The first-order chi connectivity index (χ1) is 14.3. The SMILES string of the molecule is C[C@H]1CC[C@]2(OC1)O[C@@H]1C[C@@H]3[C@H]4CC=C5C[C@@H](O)CC[C@]5(C)[C@@H]4CC[C@]3(C)[C@@H]1[C@@H]2C. The van der Waals surface area contributed by atoms with Gasteiger partial charge >= 0.3 is 0 Å². The highest BCUT2D eigenvalue weighted by atomic mass is 16.7. The molecule has 0 aromatic rings. The quantitative estimate of drug-likeness (QED) is 0.516. The van der Waals surface area contributed by atoms with E-state index in [2.05, 4.69) is 33.8 Å². The van der Waals surface area contributed by atoms with E-state index in [-0.39, 0.29) is 11.9 Å². The first-order valence-corrected chi connectivity index (χ1v) is 13.0. The fraction of sp³-hybridized carbons (Fsp3) is 0.926. The number of ether oxygens (including phenoxy) is 2. The lowest BCUT2D eigenvalue weighted by Crippen LogP contribution is -2.52. The molecule has 4 aliphatic carbocycles. The fourth-order valence-corrected chi connectivity index (χ4v) is 9.66. The number of allylic oxidation sites excluding steroid dienone is 1. The van der Waals surface area contributed by atoms with Crippen molar-refractivity contribution in [1.29, 1.82) is 0 Å². The van der Waals surface area contributed by atoms with Crippen molar-refractivity contribution in [2.24, 2.45) is 46.3 Å². The van der Waals surface area contributed by atoms with Crippen LogP contribution >= 0.6 is 0 Å². The smallest absolute Gasteiger partial charge is 0.171 e. The minimum absolute atomic E-state index is 0.107. The van der Waals surface area contributed by atoms with Crippen molar-refractivity contribution in [2.45, 2.75) is 103 Å². The molecule has 3 nitrogen and oxygen atoms in total. The third kappa shape index (κ3) is 2.55. The Kier molecular flexibility index (Phi) is 4.44. The largest absolute Gasteiger partial charge is 0.393 e. The van der Waals surface area contributed by atoms with Crippen LogP contribution in [0.1, 0.15) is 85.5 Å². The molecule has 0 aromatic heterocycles. The van der Waals surface area contributed by atoms with Crippen molar-refractivity contribution in [3.8, 4) is 0 Å². The molecule has 0 radical (unpaired) electrons. The van der Waals surface area contributed by atoms with Crippen LogP contribution in [0.3, 0.4) is 0 Å². The van der Waals surface area contributed by atoms with Crippen LogP contribution < -0.4 is 0 Å². The highest BCUT2D eigenvalue weighted by molar-refractivity contribution is 5.26. The van der Waals surface area contributed by atoms with Gasteiger partial charge in [0.25, 0.3) is 0 Å². The van der Waals surface area contributed by atoms with Crippen LogP contribution in [0.2, 0.25) is 0 Å². The highest BCUT2D eigenvalue weighted by Gasteiger charge is 2.68. The van der Waals surface area contributed by atoms with Crippen LogP contribution in [0, 0.1) is 46.3 Å². The molecule has 0 aromatic carbocycles. The van der Waals surface area contributed by atoms with Gasteiger partial charge in [0.05, 0.1) is 18.8 Å². The summed E-state index contributed by atoms with van der Waals surface area (Å²) in [4.78, 5) is 0. The molecule has 6 aliphatic rings. The van der Waals surface area contributed by atoms with Gasteiger partial charge < -0.3 is 14.6 Å². The second kappa shape index (κ2) is 6.58. The Bertz CT molecular complexity index is 736. The van der Waals surface area contributed by atoms with Crippen LogP contribution in [-0.2, 0) is 9.47 Å². The van der Waals surface area contributed by atoms with Crippen molar-refractivity contribution in [3.05, 3.63) is 11.6 Å². The Labute approximate surface area is 183 Å². The lowest BCUT2D eigenvalue weighted by atomic mass is 9.47. The predicted octanol–water partition coefficient (Wildman–Crippen LogP) is 5.71. The second-order valence-corrected chi connectivity index (χ2v) is 12.7. The Hall–Kier alpha value is -0.380. The van der Waals surface area contributed by atoms with E-state index >= 15 is 0 Å². The van der Waals surface area contributed by atoms with Gasteiger partial charge in [-0.15, -0.1) is 0 Å². The summed E-state index contributed by atoms with van der Waals surface area (Å²) in [5.41, 5.74) is 2.31. The highest BCUT2D eigenvalue weighted by Crippen LogP contribution is 2.70. The third-order valence-corrected chi connectivity index (χ3v) is 11.3. The summed E-state index contributed by atoms with van der Waals surface area (Å²) in [6.07, 6.45) is 13.5. The summed E-state index contributed by atoms with van der Waals surface area (Å²) < 4.78 is 13.3. The molecule has 1 spiro atoms. The van der Waals surface area contributed by atoms with Crippen LogP contribution in [0.4, 0.5) is 0 Å². The van der Waals surface area contributed by atoms with Crippen LogP contribution in [0.25, 0.3) is 0 Å². The topological polar surface area (TPSA) is 38.7 Å². The van der Waals surface area contributed by atoms with Crippen molar-refractivity contribution in [2.75, 3.05) is 6.61 Å². The molecule has 3 heteroatoms. The van der Waals surface area contributed by atoms with Gasteiger partial charge in [0.1, 0.15) is 0 Å². The summed E-state index contributed by atoms with van der Waals surface area (Å²) >= 11 is 0. The number of hydrogen-bond acceptors (Lipinski definition) is 3. The average Bonchev–Trinajstić information content (AvgIpc) is 3.16. The number of hydrogen-bond donors (Lipinski definition) is 1. The van der Waals surface area contributed by atoms with E-state index in [9.17, 15) is 5.11 Å². The summed E-state index contributed by atoms with van der Waals surface area (Å²) in [7, 11) is 0. The molecule has 168 valence electrons. The van der Waals surface area contributed by atoms with E-state index in [0.717, 1.165) is 43.6 Å². The maximum atomic E-state index is 10.3. The van der Waals surface area contributed by atoms with Crippen molar-refractivity contribution < 1.29 is 14.6 Å². The minimum Gasteiger partial charge on any atom is -0.393 e. The van der Waals surface area contributed by atoms with Gasteiger partial charge in [0, 0.05) is 12.3 Å². The van der Waals surface area contributed by atoms with Gasteiger partial charge in [-0.25, -0.2) is 0 Å². The first-order valence-electron chi connectivity index (χ1n) is 13.0. The van der Waals surface area contributed by atoms with E-state index in [0.29, 0.717) is 34.7 Å². The zero-order valence-electron chi connectivity index (χ0n) is 19.5. The number of fused-ring (bicyclic) bond motifs is 7. The molecule has 5 fully saturated rings. The summed E-state index contributed by atoms with van der Waals surface area (Å²) in [6.45, 7) is 10.8. The normalized spacial score (nSPS) is 59.8. The Morgan fingerprint density at radius 1 is 1.03 bits per heavy atom. The van der Waals surface area contributed by atoms with Crippen LogP contribution in [0.5, 0.6) is 0 Å². The minimum atomic E-state index is -0.294. The van der Waals surface area contributed by atoms with Gasteiger partial charge in [-0.3, -0.25) is 0 Å². The second-order valence-electron chi connectivity index (χ2n) is 12.7. The molecule has 11 atom stereocenters. The first kappa shape index (κ1) is 20.2. The molecule has 2 aliphatic heterocycles. The van der Waals surface area contributed by atoms with E-state index in [1.54, 1.807) is 5.57 Å². The molecule has 2 heterocycles. The molecular weight excluding hydrogens is 372 g/mol.